The maximum absolute atomic E-state index is 13.8. The zero-order valence-corrected chi connectivity index (χ0v) is 29.8. The molecule has 0 saturated carbocycles. The summed E-state index contributed by atoms with van der Waals surface area (Å²) in [4.78, 5) is 23.0. The molecule has 2 aliphatic heterocycles. The van der Waals surface area contributed by atoms with E-state index >= 15 is 0 Å². The lowest BCUT2D eigenvalue weighted by molar-refractivity contribution is -0.112. The van der Waals surface area contributed by atoms with Crippen LogP contribution in [0.3, 0.4) is 0 Å². The Bertz CT molecular complexity index is 1730. The number of anilines is 2. The van der Waals surface area contributed by atoms with E-state index in [1.165, 1.54) is 5.56 Å². The summed E-state index contributed by atoms with van der Waals surface area (Å²) in [5.41, 5.74) is 7.74. The van der Waals surface area contributed by atoms with Crippen molar-refractivity contribution in [3.63, 3.8) is 0 Å². The molecular weight excluding hydrogens is 628 g/mol. The van der Waals surface area contributed by atoms with Gasteiger partial charge < -0.3 is 28.8 Å². The van der Waals surface area contributed by atoms with Crippen LogP contribution in [0.15, 0.2) is 83.0 Å². The Labute approximate surface area is 296 Å². The summed E-state index contributed by atoms with van der Waals surface area (Å²) in [6, 6.07) is 23.2. The van der Waals surface area contributed by atoms with E-state index in [2.05, 4.69) is 76.5 Å². The van der Waals surface area contributed by atoms with Crippen LogP contribution in [0.4, 0.5) is 11.4 Å². The molecule has 9 heteroatoms. The number of fused-ring (bicyclic) bond motifs is 1. The quantitative estimate of drug-likeness (QED) is 0.105. The van der Waals surface area contributed by atoms with Crippen molar-refractivity contribution in [2.75, 3.05) is 43.6 Å². The standard InChI is InChI=1S/C41H50N4O5/c1-5-6-21-48-30(3)50-39-14-9-32(10-15-39)33-11-16-40-35(24-33)25-34(17-20-45(40)27-37-28-49-29(2)42-37)41(46)43-36-12-7-31(8-13-36)26-44(4)38-18-22-47-23-19-38/h7-16,24-25,28,30,38H,5-6,17-23,26-27H2,1-4H3,(H,43,46). The van der Waals surface area contributed by atoms with Gasteiger partial charge in [-0.2, -0.15) is 0 Å². The molecule has 1 unspecified atom stereocenters. The highest BCUT2D eigenvalue weighted by Crippen LogP contribution is 2.34. The molecule has 1 saturated heterocycles. The smallest absolute Gasteiger partial charge is 0.251 e. The Kier molecular flexibility index (Phi) is 12.0. The molecule has 0 radical (unpaired) electrons. The van der Waals surface area contributed by atoms with Crippen LogP contribution in [0, 0.1) is 6.92 Å². The fraction of sp³-hybridized carbons (Fsp3) is 0.415. The van der Waals surface area contributed by atoms with E-state index in [1.807, 2.05) is 44.2 Å². The van der Waals surface area contributed by atoms with Crippen LogP contribution in [0.1, 0.15) is 68.7 Å². The van der Waals surface area contributed by atoms with Crippen LogP contribution in [0.2, 0.25) is 0 Å². The van der Waals surface area contributed by atoms with E-state index in [1.54, 1.807) is 6.26 Å². The molecule has 0 bridgehead atoms. The third-order valence-electron chi connectivity index (χ3n) is 9.46. The van der Waals surface area contributed by atoms with Crippen LogP contribution in [-0.4, -0.2) is 61.5 Å². The van der Waals surface area contributed by atoms with E-state index in [0.29, 0.717) is 38.0 Å². The number of aromatic nitrogens is 1. The van der Waals surface area contributed by atoms with E-state index in [4.69, 9.17) is 18.6 Å². The summed E-state index contributed by atoms with van der Waals surface area (Å²) >= 11 is 0. The van der Waals surface area contributed by atoms with Gasteiger partial charge >= 0.3 is 0 Å². The molecule has 2 aliphatic rings. The fourth-order valence-corrected chi connectivity index (χ4v) is 6.59. The van der Waals surface area contributed by atoms with Gasteiger partial charge in [0, 0.05) is 56.2 Å². The minimum Gasteiger partial charge on any atom is -0.465 e. The number of unbranched alkanes of at least 4 members (excludes halogenated alkanes) is 1. The number of benzene rings is 3. The van der Waals surface area contributed by atoms with Gasteiger partial charge in [0.1, 0.15) is 12.0 Å². The number of carbonyl (C=O) groups excluding carboxylic acids is 1. The van der Waals surface area contributed by atoms with E-state index < -0.39 is 0 Å². The first kappa shape index (κ1) is 35.4. The Morgan fingerprint density at radius 2 is 1.82 bits per heavy atom. The lowest BCUT2D eigenvalue weighted by Gasteiger charge is -2.31. The Morgan fingerprint density at radius 1 is 1.06 bits per heavy atom. The summed E-state index contributed by atoms with van der Waals surface area (Å²) in [5, 5.41) is 3.16. The van der Waals surface area contributed by atoms with Crippen LogP contribution >= 0.6 is 0 Å². The largest absolute Gasteiger partial charge is 0.465 e. The average molecular weight is 679 g/mol. The molecule has 50 heavy (non-hydrogen) atoms. The predicted octanol–water partition coefficient (Wildman–Crippen LogP) is 8.23. The second kappa shape index (κ2) is 17.0. The summed E-state index contributed by atoms with van der Waals surface area (Å²) < 4.78 is 22.8. The van der Waals surface area contributed by atoms with Gasteiger partial charge in [0.25, 0.3) is 5.91 Å². The highest BCUT2D eigenvalue weighted by atomic mass is 16.7. The maximum atomic E-state index is 13.8. The fourth-order valence-electron chi connectivity index (χ4n) is 6.59. The lowest BCUT2D eigenvalue weighted by atomic mass is 10.00. The van der Waals surface area contributed by atoms with Crippen LogP contribution in [-0.2, 0) is 27.4 Å². The molecule has 0 spiro atoms. The number of rotatable bonds is 14. The van der Waals surface area contributed by atoms with Gasteiger partial charge in [-0.25, -0.2) is 4.98 Å². The first-order valence-corrected chi connectivity index (χ1v) is 17.9. The van der Waals surface area contributed by atoms with Crippen LogP contribution in [0.5, 0.6) is 5.75 Å². The van der Waals surface area contributed by atoms with Gasteiger partial charge in [0.05, 0.1) is 18.8 Å². The van der Waals surface area contributed by atoms with Crippen molar-refractivity contribution >= 4 is 23.4 Å². The Hall–Kier alpha value is -4.44. The van der Waals surface area contributed by atoms with E-state index in [-0.39, 0.29) is 12.2 Å². The van der Waals surface area contributed by atoms with Crippen LogP contribution in [0.25, 0.3) is 17.2 Å². The SMILES string of the molecule is CCCCOC(C)Oc1ccc(-c2ccc3c(c2)C=C(C(=O)Nc2ccc(CN(C)C4CCOCC4)cc2)CCN3Cc2coc(C)n2)cc1. The van der Waals surface area contributed by atoms with Gasteiger partial charge in [0.15, 0.2) is 12.2 Å². The van der Waals surface area contributed by atoms with Crippen molar-refractivity contribution in [3.05, 3.63) is 101 Å². The molecule has 6 rings (SSSR count). The monoisotopic (exact) mass is 678 g/mol. The number of amides is 1. The Morgan fingerprint density at radius 3 is 2.54 bits per heavy atom. The zero-order valence-electron chi connectivity index (χ0n) is 29.8. The normalized spacial score (nSPS) is 15.7. The van der Waals surface area contributed by atoms with Gasteiger partial charge in [-0.15, -0.1) is 0 Å². The van der Waals surface area contributed by atoms with E-state index in [0.717, 1.165) is 90.5 Å². The molecule has 1 fully saturated rings. The van der Waals surface area contributed by atoms with Gasteiger partial charge in [-0.3, -0.25) is 9.69 Å². The lowest BCUT2D eigenvalue weighted by Crippen LogP contribution is -2.36. The van der Waals surface area contributed by atoms with Crippen molar-refractivity contribution in [1.82, 2.24) is 9.88 Å². The number of ether oxygens (including phenoxy) is 3. The van der Waals surface area contributed by atoms with Crippen molar-refractivity contribution in [3.8, 4) is 16.9 Å². The minimum absolute atomic E-state index is 0.0932. The van der Waals surface area contributed by atoms with Crippen LogP contribution < -0.4 is 15.0 Å². The highest BCUT2D eigenvalue weighted by Gasteiger charge is 2.22. The molecule has 1 atom stereocenters. The van der Waals surface area contributed by atoms with Crippen molar-refractivity contribution in [1.29, 1.82) is 0 Å². The Balaban J connectivity index is 1.18. The van der Waals surface area contributed by atoms with Gasteiger partial charge in [-0.05, 0) is 104 Å². The molecule has 1 amide bonds. The second-order valence-corrected chi connectivity index (χ2v) is 13.3. The number of carbonyl (C=O) groups is 1. The number of hydrogen-bond acceptors (Lipinski definition) is 8. The van der Waals surface area contributed by atoms with E-state index in [9.17, 15) is 4.79 Å². The van der Waals surface area contributed by atoms with Crippen molar-refractivity contribution in [2.45, 2.75) is 78.3 Å². The molecule has 3 heterocycles. The van der Waals surface area contributed by atoms with Crippen molar-refractivity contribution < 1.29 is 23.4 Å². The predicted molar refractivity (Wildman–Crippen MR) is 198 cm³/mol. The average Bonchev–Trinajstić information content (AvgIpc) is 3.45. The zero-order chi connectivity index (χ0) is 34.9. The molecule has 1 aromatic heterocycles. The molecular formula is C41H50N4O5. The molecule has 4 aromatic rings. The number of nitrogens with zero attached hydrogens (tertiary/aromatic N) is 3. The molecule has 9 nitrogen and oxygen atoms in total. The first-order chi connectivity index (χ1) is 24.3. The first-order valence-electron chi connectivity index (χ1n) is 17.9. The number of aryl methyl sites for hydroxylation is 1. The molecule has 1 N–H and O–H groups in total. The maximum Gasteiger partial charge on any atom is 0.251 e. The number of oxazole rings is 1. The molecule has 3 aromatic carbocycles. The minimum atomic E-state index is -0.309. The summed E-state index contributed by atoms with van der Waals surface area (Å²) in [6.45, 7) is 10.4. The summed E-state index contributed by atoms with van der Waals surface area (Å²) in [5.74, 6) is 1.31. The van der Waals surface area contributed by atoms with Gasteiger partial charge in [0.2, 0.25) is 0 Å². The van der Waals surface area contributed by atoms with Gasteiger partial charge in [-0.1, -0.05) is 43.7 Å². The third-order valence-corrected chi connectivity index (χ3v) is 9.46. The molecule has 0 aliphatic carbocycles. The number of nitrogens with one attached hydrogen (secondary N) is 1. The molecule has 264 valence electrons. The van der Waals surface area contributed by atoms with Crippen molar-refractivity contribution in [2.24, 2.45) is 0 Å². The summed E-state index contributed by atoms with van der Waals surface area (Å²) in [6.07, 6.45) is 8.25. The summed E-state index contributed by atoms with van der Waals surface area (Å²) in [7, 11) is 2.18. The highest BCUT2D eigenvalue weighted by molar-refractivity contribution is 6.07. The topological polar surface area (TPSA) is 89.3 Å². The number of hydrogen-bond donors (Lipinski definition) is 1. The second-order valence-electron chi connectivity index (χ2n) is 13.3. The third kappa shape index (κ3) is 9.41.